The summed E-state index contributed by atoms with van der Waals surface area (Å²) in [5, 5.41) is 7.17. The first-order valence-electron chi connectivity index (χ1n) is 9.05. The molecule has 1 N–H and O–H groups in total. The molecule has 132 valence electrons. The molecule has 2 fully saturated rings. The third-order valence-corrected chi connectivity index (χ3v) is 5.32. The van der Waals surface area contributed by atoms with Crippen LogP contribution in [0.5, 0.6) is 0 Å². The van der Waals surface area contributed by atoms with Gasteiger partial charge in [-0.3, -0.25) is 9.48 Å². The molecule has 2 aromatic rings. The Hall–Kier alpha value is -2.44. The van der Waals surface area contributed by atoms with Gasteiger partial charge >= 0.3 is 0 Å². The lowest BCUT2D eigenvalue weighted by atomic mass is 9.83. The summed E-state index contributed by atoms with van der Waals surface area (Å²) >= 11 is 0. The van der Waals surface area contributed by atoms with E-state index in [1.165, 1.54) is 25.0 Å². The first kappa shape index (κ1) is 16.1. The molecule has 25 heavy (non-hydrogen) atoms. The zero-order chi connectivity index (χ0) is 17.2. The highest BCUT2D eigenvalue weighted by Gasteiger charge is 2.25. The second-order valence-corrected chi connectivity index (χ2v) is 7.07. The third kappa shape index (κ3) is 3.50. The fourth-order valence-electron chi connectivity index (χ4n) is 3.52. The molecule has 1 aliphatic heterocycles. The van der Waals surface area contributed by atoms with E-state index in [9.17, 15) is 4.79 Å². The van der Waals surface area contributed by atoms with Gasteiger partial charge in [0.2, 0.25) is 0 Å². The number of amides is 1. The largest absolute Gasteiger partial charge is 0.356 e. The van der Waals surface area contributed by atoms with Crippen molar-refractivity contribution in [3.63, 3.8) is 0 Å². The summed E-state index contributed by atoms with van der Waals surface area (Å²) in [6.07, 6.45) is 10.7. The Labute approximate surface area is 147 Å². The van der Waals surface area contributed by atoms with E-state index in [4.69, 9.17) is 0 Å². The number of hydrogen-bond donors (Lipinski definition) is 1. The molecule has 1 aliphatic carbocycles. The lowest BCUT2D eigenvalue weighted by Crippen LogP contribution is -2.45. The Morgan fingerprint density at radius 1 is 1.20 bits per heavy atom. The molecule has 2 aromatic heterocycles. The van der Waals surface area contributed by atoms with Crippen molar-refractivity contribution >= 4 is 11.7 Å². The van der Waals surface area contributed by atoms with E-state index >= 15 is 0 Å². The summed E-state index contributed by atoms with van der Waals surface area (Å²) in [7, 11) is 1.81. The van der Waals surface area contributed by atoms with E-state index < -0.39 is 0 Å². The number of anilines is 1. The lowest BCUT2D eigenvalue weighted by Gasteiger charge is -2.33. The van der Waals surface area contributed by atoms with Crippen molar-refractivity contribution in [3.8, 4) is 0 Å². The molecule has 4 rings (SSSR count). The number of hydrogen-bond acceptors (Lipinski definition) is 5. The van der Waals surface area contributed by atoms with Gasteiger partial charge < -0.3 is 10.2 Å². The van der Waals surface area contributed by atoms with Crippen LogP contribution in [0.1, 0.15) is 54.1 Å². The molecule has 1 saturated heterocycles. The molecule has 0 bridgehead atoms. The Balaban J connectivity index is 1.33. The van der Waals surface area contributed by atoms with Crippen LogP contribution < -0.4 is 10.2 Å². The first-order valence-corrected chi connectivity index (χ1v) is 9.05. The molecule has 0 radical (unpaired) electrons. The van der Waals surface area contributed by atoms with Gasteiger partial charge in [0.1, 0.15) is 12.1 Å². The fraction of sp³-hybridized carbons (Fsp3) is 0.556. The Bertz CT molecular complexity index is 746. The predicted octanol–water partition coefficient (Wildman–Crippen LogP) is 1.88. The van der Waals surface area contributed by atoms with E-state index in [1.54, 1.807) is 23.4 Å². The zero-order valence-corrected chi connectivity index (χ0v) is 14.6. The van der Waals surface area contributed by atoms with Gasteiger partial charge in [-0.1, -0.05) is 6.42 Å². The van der Waals surface area contributed by atoms with Gasteiger partial charge in [-0.2, -0.15) is 5.10 Å². The predicted molar refractivity (Wildman–Crippen MR) is 94.5 cm³/mol. The topological polar surface area (TPSA) is 75.9 Å². The van der Waals surface area contributed by atoms with E-state index in [1.807, 2.05) is 7.05 Å². The second kappa shape index (κ2) is 6.82. The molecule has 7 nitrogen and oxygen atoms in total. The Morgan fingerprint density at radius 3 is 2.64 bits per heavy atom. The minimum Gasteiger partial charge on any atom is -0.356 e. The van der Waals surface area contributed by atoms with Crippen LogP contribution in [0.15, 0.2) is 24.8 Å². The number of piperidine rings is 1. The highest BCUT2D eigenvalue weighted by atomic mass is 16.1. The Morgan fingerprint density at radius 2 is 2.00 bits per heavy atom. The molecule has 0 spiro atoms. The van der Waals surface area contributed by atoms with Crippen LogP contribution in [0.3, 0.4) is 0 Å². The number of aromatic nitrogens is 4. The van der Waals surface area contributed by atoms with Gasteiger partial charge in [0.15, 0.2) is 0 Å². The first-order chi connectivity index (χ1) is 12.2. The van der Waals surface area contributed by atoms with Crippen molar-refractivity contribution in [2.24, 2.45) is 7.05 Å². The summed E-state index contributed by atoms with van der Waals surface area (Å²) in [6, 6.07) is 2.36. The highest BCUT2D eigenvalue weighted by molar-refractivity contribution is 5.93. The number of carbonyl (C=O) groups is 1. The van der Waals surface area contributed by atoms with E-state index in [2.05, 4.69) is 31.3 Å². The van der Waals surface area contributed by atoms with Gasteiger partial charge in [0.05, 0.1) is 11.8 Å². The van der Waals surface area contributed by atoms with Crippen molar-refractivity contribution in [1.29, 1.82) is 0 Å². The van der Waals surface area contributed by atoms with Crippen LogP contribution in [-0.4, -0.2) is 44.8 Å². The molecular weight excluding hydrogens is 316 g/mol. The van der Waals surface area contributed by atoms with Gasteiger partial charge in [-0.15, -0.1) is 0 Å². The standard InChI is InChI=1S/C18H24N6O/c1-23-11-14(10-21-23)18(25)22-15-5-7-24(8-6-15)17-9-16(19-12-20-17)13-3-2-4-13/h9-13,15H,2-8H2,1H3,(H,22,25). The monoisotopic (exact) mass is 340 g/mol. The van der Waals surface area contributed by atoms with Crippen LogP contribution in [-0.2, 0) is 7.05 Å². The summed E-state index contributed by atoms with van der Waals surface area (Å²) in [5.74, 6) is 1.60. The van der Waals surface area contributed by atoms with E-state index in [0.717, 1.165) is 31.7 Å². The van der Waals surface area contributed by atoms with Crippen LogP contribution in [0, 0.1) is 0 Å². The summed E-state index contributed by atoms with van der Waals surface area (Å²) in [6.45, 7) is 1.80. The normalized spacial score (nSPS) is 18.8. The maximum absolute atomic E-state index is 12.2. The quantitative estimate of drug-likeness (QED) is 0.920. The summed E-state index contributed by atoms with van der Waals surface area (Å²) in [5.41, 5.74) is 1.80. The molecule has 1 saturated carbocycles. The molecule has 7 heteroatoms. The summed E-state index contributed by atoms with van der Waals surface area (Å²) in [4.78, 5) is 23.4. The van der Waals surface area contributed by atoms with Gasteiger partial charge in [-0.25, -0.2) is 9.97 Å². The third-order valence-electron chi connectivity index (χ3n) is 5.32. The average molecular weight is 340 g/mol. The molecule has 3 heterocycles. The maximum Gasteiger partial charge on any atom is 0.254 e. The number of nitrogens with zero attached hydrogens (tertiary/aromatic N) is 5. The van der Waals surface area contributed by atoms with E-state index in [0.29, 0.717) is 11.5 Å². The molecule has 1 amide bonds. The summed E-state index contributed by atoms with van der Waals surface area (Å²) < 4.78 is 1.65. The number of carbonyl (C=O) groups excluding carboxylic acids is 1. The maximum atomic E-state index is 12.2. The molecule has 0 unspecified atom stereocenters. The number of aryl methyl sites for hydroxylation is 1. The van der Waals surface area contributed by atoms with Crippen molar-refractivity contribution in [3.05, 3.63) is 36.0 Å². The molecule has 0 atom stereocenters. The average Bonchev–Trinajstić information content (AvgIpc) is 3.01. The fourth-order valence-corrected chi connectivity index (χ4v) is 3.52. The zero-order valence-electron chi connectivity index (χ0n) is 14.6. The van der Waals surface area contributed by atoms with Crippen LogP contribution in [0.25, 0.3) is 0 Å². The van der Waals surface area contributed by atoms with Crippen LogP contribution in [0.2, 0.25) is 0 Å². The molecule has 2 aliphatic rings. The minimum absolute atomic E-state index is 0.0409. The molecule has 0 aromatic carbocycles. The van der Waals surface area contributed by atoms with Crippen molar-refractivity contribution in [2.45, 2.75) is 44.1 Å². The number of nitrogens with one attached hydrogen (secondary N) is 1. The van der Waals surface area contributed by atoms with Crippen molar-refractivity contribution in [1.82, 2.24) is 25.1 Å². The second-order valence-electron chi connectivity index (χ2n) is 7.07. The van der Waals surface area contributed by atoms with Gasteiger partial charge in [0, 0.05) is 50.1 Å². The van der Waals surface area contributed by atoms with Crippen LogP contribution in [0.4, 0.5) is 5.82 Å². The van der Waals surface area contributed by atoms with Gasteiger partial charge in [-0.05, 0) is 25.7 Å². The lowest BCUT2D eigenvalue weighted by molar-refractivity contribution is 0.0931. The van der Waals surface area contributed by atoms with Gasteiger partial charge in [0.25, 0.3) is 5.91 Å². The minimum atomic E-state index is -0.0409. The molecular formula is C18H24N6O. The number of rotatable bonds is 4. The van der Waals surface area contributed by atoms with Crippen LogP contribution >= 0.6 is 0 Å². The van der Waals surface area contributed by atoms with Crippen molar-refractivity contribution < 1.29 is 4.79 Å². The Kier molecular flexibility index (Phi) is 4.38. The highest BCUT2D eigenvalue weighted by Crippen LogP contribution is 2.36. The smallest absolute Gasteiger partial charge is 0.254 e. The van der Waals surface area contributed by atoms with Crippen molar-refractivity contribution in [2.75, 3.05) is 18.0 Å². The van der Waals surface area contributed by atoms with E-state index in [-0.39, 0.29) is 11.9 Å². The SMILES string of the molecule is Cn1cc(C(=O)NC2CCN(c3cc(C4CCC4)ncn3)CC2)cn1.